The fourth-order valence-electron chi connectivity index (χ4n) is 3.15. The van der Waals surface area contributed by atoms with Gasteiger partial charge in [0.2, 0.25) is 5.91 Å². The van der Waals surface area contributed by atoms with Gasteiger partial charge in [-0.2, -0.15) is 0 Å². The number of amides is 2. The molecular weight excluding hydrogens is 304 g/mol. The van der Waals surface area contributed by atoms with Crippen LogP contribution in [-0.4, -0.2) is 54.6 Å². The molecule has 1 unspecified atom stereocenters. The van der Waals surface area contributed by atoms with Gasteiger partial charge in [-0.05, 0) is 38.7 Å². The lowest BCUT2D eigenvalue weighted by Crippen LogP contribution is -2.47. The van der Waals surface area contributed by atoms with Gasteiger partial charge in [0.15, 0.2) is 0 Å². The Morgan fingerprint density at radius 2 is 2.00 bits per heavy atom. The number of piperidine rings is 1. The van der Waals surface area contributed by atoms with Crippen LogP contribution in [0.15, 0.2) is 30.3 Å². The molecule has 0 saturated carbocycles. The number of ether oxygens (including phenoxy) is 1. The fourth-order valence-corrected chi connectivity index (χ4v) is 3.15. The zero-order valence-corrected chi connectivity index (χ0v) is 14.7. The molecule has 1 aromatic carbocycles. The van der Waals surface area contributed by atoms with Crippen molar-refractivity contribution in [2.45, 2.75) is 33.1 Å². The Kier molecular flexibility index (Phi) is 7.09. The maximum atomic E-state index is 12.8. The van der Waals surface area contributed by atoms with Crippen molar-refractivity contribution in [3.63, 3.8) is 0 Å². The van der Waals surface area contributed by atoms with Crippen molar-refractivity contribution < 1.29 is 14.3 Å². The standard InChI is InChI=1S/C19H28N2O3/c1-3-20(14-12-16-9-6-5-7-10-16)18(22)17-11-8-13-21(15-17)19(23)24-4-2/h5-7,9-10,17H,3-4,8,11-15H2,1-2H3. The van der Waals surface area contributed by atoms with E-state index in [0.29, 0.717) is 26.2 Å². The molecule has 0 aromatic heterocycles. The second kappa shape index (κ2) is 9.30. The Bertz CT molecular complexity index is 533. The normalized spacial score (nSPS) is 17.4. The highest BCUT2D eigenvalue weighted by Gasteiger charge is 2.31. The Morgan fingerprint density at radius 1 is 1.25 bits per heavy atom. The monoisotopic (exact) mass is 332 g/mol. The molecule has 1 atom stereocenters. The predicted octanol–water partition coefficient (Wildman–Crippen LogP) is 2.95. The van der Waals surface area contributed by atoms with Crippen molar-refractivity contribution in [3.8, 4) is 0 Å². The van der Waals surface area contributed by atoms with Crippen LogP contribution in [0.1, 0.15) is 32.3 Å². The summed E-state index contributed by atoms with van der Waals surface area (Å²) < 4.78 is 5.06. The van der Waals surface area contributed by atoms with Crippen molar-refractivity contribution in [1.29, 1.82) is 0 Å². The molecule has 1 aromatic rings. The van der Waals surface area contributed by atoms with Crippen molar-refractivity contribution in [2.75, 3.05) is 32.8 Å². The van der Waals surface area contributed by atoms with E-state index in [1.165, 1.54) is 5.56 Å². The highest BCUT2D eigenvalue weighted by atomic mass is 16.6. The lowest BCUT2D eigenvalue weighted by atomic mass is 9.96. The van der Waals surface area contributed by atoms with E-state index >= 15 is 0 Å². The highest BCUT2D eigenvalue weighted by Crippen LogP contribution is 2.20. The summed E-state index contributed by atoms with van der Waals surface area (Å²) in [5.74, 6) is 0.0429. The number of hydrogen-bond donors (Lipinski definition) is 0. The lowest BCUT2D eigenvalue weighted by Gasteiger charge is -2.34. The molecule has 132 valence electrons. The molecule has 1 aliphatic heterocycles. The minimum Gasteiger partial charge on any atom is -0.450 e. The topological polar surface area (TPSA) is 49.9 Å². The number of hydrogen-bond acceptors (Lipinski definition) is 3. The van der Waals surface area contributed by atoms with Gasteiger partial charge in [-0.25, -0.2) is 4.79 Å². The molecule has 1 aliphatic rings. The third-order valence-electron chi connectivity index (χ3n) is 4.50. The van der Waals surface area contributed by atoms with Crippen molar-refractivity contribution >= 4 is 12.0 Å². The van der Waals surface area contributed by atoms with Crippen LogP contribution in [0.25, 0.3) is 0 Å². The first-order chi connectivity index (χ1) is 11.7. The minimum absolute atomic E-state index is 0.112. The second-order valence-corrected chi connectivity index (χ2v) is 6.14. The molecule has 2 amide bonds. The predicted molar refractivity (Wildman–Crippen MR) is 93.7 cm³/mol. The van der Waals surface area contributed by atoms with E-state index in [9.17, 15) is 9.59 Å². The number of carbonyl (C=O) groups is 2. The maximum absolute atomic E-state index is 12.8. The Morgan fingerprint density at radius 3 is 2.67 bits per heavy atom. The van der Waals surface area contributed by atoms with E-state index in [2.05, 4.69) is 12.1 Å². The first-order valence-corrected chi connectivity index (χ1v) is 8.90. The number of nitrogens with zero attached hydrogens (tertiary/aromatic N) is 2. The number of likely N-dealkylation sites (N-methyl/N-ethyl adjacent to an activating group) is 1. The van der Waals surface area contributed by atoms with Crippen LogP contribution in [0, 0.1) is 5.92 Å². The summed E-state index contributed by atoms with van der Waals surface area (Å²) in [5, 5.41) is 0. The van der Waals surface area contributed by atoms with Crippen molar-refractivity contribution in [2.24, 2.45) is 5.92 Å². The van der Waals surface area contributed by atoms with Gasteiger partial charge < -0.3 is 14.5 Å². The molecule has 24 heavy (non-hydrogen) atoms. The number of benzene rings is 1. The van der Waals surface area contributed by atoms with Crippen LogP contribution in [0.2, 0.25) is 0 Å². The Balaban J connectivity index is 1.91. The molecule has 1 heterocycles. The SMILES string of the molecule is CCOC(=O)N1CCCC(C(=O)N(CC)CCc2ccccc2)C1. The van der Waals surface area contributed by atoms with Crippen LogP contribution in [-0.2, 0) is 16.0 Å². The summed E-state index contributed by atoms with van der Waals surface area (Å²) in [6, 6.07) is 10.2. The summed E-state index contributed by atoms with van der Waals surface area (Å²) in [6.07, 6.45) is 2.25. The average Bonchev–Trinajstić information content (AvgIpc) is 2.63. The van der Waals surface area contributed by atoms with Crippen LogP contribution in [0.4, 0.5) is 4.79 Å². The van der Waals surface area contributed by atoms with Gasteiger partial charge in [-0.15, -0.1) is 0 Å². The van der Waals surface area contributed by atoms with Gasteiger partial charge >= 0.3 is 6.09 Å². The largest absolute Gasteiger partial charge is 0.450 e. The summed E-state index contributed by atoms with van der Waals surface area (Å²) in [4.78, 5) is 28.3. The van der Waals surface area contributed by atoms with Crippen LogP contribution < -0.4 is 0 Å². The third-order valence-corrected chi connectivity index (χ3v) is 4.50. The number of likely N-dealkylation sites (tertiary alicyclic amines) is 1. The molecule has 0 radical (unpaired) electrons. The highest BCUT2D eigenvalue weighted by molar-refractivity contribution is 5.80. The molecule has 0 aliphatic carbocycles. The first kappa shape index (κ1) is 18.3. The van der Waals surface area contributed by atoms with E-state index < -0.39 is 0 Å². The van der Waals surface area contributed by atoms with Crippen molar-refractivity contribution in [1.82, 2.24) is 9.80 Å². The number of rotatable bonds is 6. The van der Waals surface area contributed by atoms with E-state index in [-0.39, 0.29) is 17.9 Å². The van der Waals surface area contributed by atoms with Gasteiger partial charge in [-0.3, -0.25) is 4.79 Å². The summed E-state index contributed by atoms with van der Waals surface area (Å²) in [5.41, 5.74) is 1.24. The van der Waals surface area contributed by atoms with E-state index in [0.717, 1.165) is 25.8 Å². The molecule has 2 rings (SSSR count). The van der Waals surface area contributed by atoms with Crippen LogP contribution in [0.5, 0.6) is 0 Å². The Labute approximate surface area is 144 Å². The van der Waals surface area contributed by atoms with Gasteiger partial charge in [0.1, 0.15) is 0 Å². The van der Waals surface area contributed by atoms with E-state index in [1.54, 1.807) is 11.8 Å². The maximum Gasteiger partial charge on any atom is 0.409 e. The third kappa shape index (κ3) is 4.98. The zero-order chi connectivity index (χ0) is 17.4. The molecule has 0 N–H and O–H groups in total. The molecule has 1 saturated heterocycles. The van der Waals surface area contributed by atoms with E-state index in [1.807, 2.05) is 30.0 Å². The smallest absolute Gasteiger partial charge is 0.409 e. The molecule has 5 heteroatoms. The van der Waals surface area contributed by atoms with Gasteiger partial charge in [0.05, 0.1) is 12.5 Å². The number of carbonyl (C=O) groups excluding carboxylic acids is 2. The fraction of sp³-hybridized carbons (Fsp3) is 0.579. The van der Waals surface area contributed by atoms with Gasteiger partial charge in [0, 0.05) is 26.2 Å². The zero-order valence-electron chi connectivity index (χ0n) is 14.7. The molecule has 5 nitrogen and oxygen atoms in total. The van der Waals surface area contributed by atoms with Gasteiger partial charge in [0.25, 0.3) is 0 Å². The summed E-state index contributed by atoms with van der Waals surface area (Å²) >= 11 is 0. The minimum atomic E-state index is -0.303. The van der Waals surface area contributed by atoms with Gasteiger partial charge in [-0.1, -0.05) is 30.3 Å². The average molecular weight is 332 g/mol. The molecule has 0 bridgehead atoms. The molecule has 0 spiro atoms. The van der Waals surface area contributed by atoms with Crippen LogP contribution >= 0.6 is 0 Å². The van der Waals surface area contributed by atoms with E-state index in [4.69, 9.17) is 4.74 Å². The second-order valence-electron chi connectivity index (χ2n) is 6.14. The Hall–Kier alpha value is -2.04. The lowest BCUT2D eigenvalue weighted by molar-refractivity contribution is -0.136. The summed E-state index contributed by atoms with van der Waals surface area (Å²) in [7, 11) is 0. The quantitative estimate of drug-likeness (QED) is 0.805. The molecule has 1 fully saturated rings. The first-order valence-electron chi connectivity index (χ1n) is 8.90. The molecular formula is C19H28N2O3. The van der Waals surface area contributed by atoms with Crippen molar-refractivity contribution in [3.05, 3.63) is 35.9 Å². The summed E-state index contributed by atoms with van der Waals surface area (Å²) in [6.45, 7) is 6.74. The van der Waals surface area contributed by atoms with Crippen LogP contribution in [0.3, 0.4) is 0 Å².